The Labute approximate surface area is 159 Å². The first-order valence-corrected chi connectivity index (χ1v) is 9.09. The Bertz CT molecular complexity index is 1020. The van der Waals surface area contributed by atoms with Gasteiger partial charge >= 0.3 is 11.7 Å². The van der Waals surface area contributed by atoms with E-state index in [0.717, 1.165) is 15.9 Å². The fourth-order valence-corrected chi connectivity index (χ4v) is 3.39. The molecule has 2 heterocycles. The fraction of sp³-hybridized carbons (Fsp3) is 0.471. The van der Waals surface area contributed by atoms with Gasteiger partial charge in [-0.1, -0.05) is 13.8 Å². The molecule has 0 atom stereocenters. The van der Waals surface area contributed by atoms with Gasteiger partial charge in [0.1, 0.15) is 16.3 Å². The Morgan fingerprint density at radius 3 is 2.41 bits per heavy atom. The molecule has 0 aliphatic rings. The van der Waals surface area contributed by atoms with Crippen molar-refractivity contribution in [2.24, 2.45) is 13.0 Å². The van der Waals surface area contributed by atoms with Crippen LogP contribution in [0.5, 0.6) is 0 Å². The SMILES string of the molecule is Cc1nc(C)c(C(=O)OCC(=O)c2c(N)n(CC(C)C)c(=O)n(C)c2=O)s1. The molecule has 2 aromatic rings. The van der Waals surface area contributed by atoms with E-state index in [9.17, 15) is 19.2 Å². The van der Waals surface area contributed by atoms with Crippen LogP contribution < -0.4 is 17.0 Å². The van der Waals surface area contributed by atoms with Crippen LogP contribution in [-0.2, 0) is 18.3 Å². The number of ketones is 1. The van der Waals surface area contributed by atoms with Gasteiger partial charge in [-0.05, 0) is 19.8 Å². The minimum Gasteiger partial charge on any atom is -0.453 e. The number of aryl methyl sites for hydroxylation is 2. The summed E-state index contributed by atoms with van der Waals surface area (Å²) in [6.45, 7) is 6.76. The molecule has 2 rings (SSSR count). The zero-order valence-electron chi connectivity index (χ0n) is 15.9. The zero-order valence-corrected chi connectivity index (χ0v) is 16.7. The quantitative estimate of drug-likeness (QED) is 0.570. The molecule has 10 heteroatoms. The van der Waals surface area contributed by atoms with Crippen molar-refractivity contribution in [2.45, 2.75) is 34.2 Å². The highest BCUT2D eigenvalue weighted by Crippen LogP contribution is 2.18. The highest BCUT2D eigenvalue weighted by Gasteiger charge is 2.24. The molecule has 0 fully saturated rings. The van der Waals surface area contributed by atoms with Crippen molar-refractivity contribution >= 4 is 28.9 Å². The molecular formula is C17H22N4O5S. The molecule has 0 saturated carbocycles. The van der Waals surface area contributed by atoms with Gasteiger partial charge in [-0.15, -0.1) is 11.3 Å². The summed E-state index contributed by atoms with van der Waals surface area (Å²) in [6, 6.07) is 0. The van der Waals surface area contributed by atoms with E-state index in [4.69, 9.17) is 10.5 Å². The van der Waals surface area contributed by atoms with E-state index >= 15 is 0 Å². The summed E-state index contributed by atoms with van der Waals surface area (Å²) in [6.07, 6.45) is 0. The molecule has 0 spiro atoms. The maximum Gasteiger partial charge on any atom is 0.350 e. The van der Waals surface area contributed by atoms with E-state index in [1.807, 2.05) is 13.8 Å². The number of rotatable bonds is 6. The number of anilines is 1. The maximum atomic E-state index is 12.5. The Kier molecular flexibility index (Phi) is 5.99. The van der Waals surface area contributed by atoms with E-state index in [1.165, 1.54) is 11.6 Å². The Morgan fingerprint density at radius 2 is 1.89 bits per heavy atom. The number of carbonyl (C=O) groups excluding carboxylic acids is 2. The molecule has 0 bridgehead atoms. The lowest BCUT2D eigenvalue weighted by Crippen LogP contribution is -2.43. The number of ether oxygens (including phenoxy) is 1. The van der Waals surface area contributed by atoms with Crippen molar-refractivity contribution in [2.75, 3.05) is 12.3 Å². The van der Waals surface area contributed by atoms with Crippen molar-refractivity contribution in [3.05, 3.63) is 42.0 Å². The van der Waals surface area contributed by atoms with E-state index < -0.39 is 29.6 Å². The van der Waals surface area contributed by atoms with Crippen LogP contribution in [-0.4, -0.2) is 32.5 Å². The lowest BCUT2D eigenvalue weighted by atomic mass is 10.1. The van der Waals surface area contributed by atoms with Gasteiger partial charge in [0.05, 0.1) is 10.7 Å². The minimum atomic E-state index is -0.816. The monoisotopic (exact) mass is 394 g/mol. The maximum absolute atomic E-state index is 12.5. The predicted octanol–water partition coefficient (Wildman–Crippen LogP) is 0.898. The second-order valence-corrected chi connectivity index (χ2v) is 7.76. The van der Waals surface area contributed by atoms with Crippen LogP contribution in [0.15, 0.2) is 9.59 Å². The van der Waals surface area contributed by atoms with Crippen molar-refractivity contribution in [1.29, 1.82) is 0 Å². The van der Waals surface area contributed by atoms with Crippen LogP contribution in [0.25, 0.3) is 0 Å². The van der Waals surface area contributed by atoms with Crippen molar-refractivity contribution in [3.8, 4) is 0 Å². The third kappa shape index (κ3) is 4.16. The molecular weight excluding hydrogens is 372 g/mol. The number of nitrogen functional groups attached to an aromatic ring is 1. The zero-order chi connectivity index (χ0) is 20.5. The largest absolute Gasteiger partial charge is 0.453 e. The lowest BCUT2D eigenvalue weighted by molar-refractivity contribution is 0.0478. The number of carbonyl (C=O) groups is 2. The highest BCUT2D eigenvalue weighted by molar-refractivity contribution is 7.13. The Morgan fingerprint density at radius 1 is 1.26 bits per heavy atom. The summed E-state index contributed by atoms with van der Waals surface area (Å²) in [5.41, 5.74) is 4.66. The van der Waals surface area contributed by atoms with Gasteiger partial charge in [0, 0.05) is 13.6 Å². The molecule has 0 aliphatic heterocycles. The minimum absolute atomic E-state index is 0.0702. The van der Waals surface area contributed by atoms with Crippen LogP contribution in [0.4, 0.5) is 5.82 Å². The summed E-state index contributed by atoms with van der Waals surface area (Å²) in [4.78, 5) is 53.7. The molecule has 146 valence electrons. The molecule has 0 radical (unpaired) electrons. The Balaban J connectivity index is 2.32. The number of Topliss-reactive ketones (excluding diaryl/α,β-unsaturated/α-hetero) is 1. The first kappa shape index (κ1) is 20.6. The van der Waals surface area contributed by atoms with E-state index in [0.29, 0.717) is 15.6 Å². The van der Waals surface area contributed by atoms with E-state index in [-0.39, 0.29) is 23.8 Å². The summed E-state index contributed by atoms with van der Waals surface area (Å²) >= 11 is 1.16. The summed E-state index contributed by atoms with van der Waals surface area (Å²) in [5.74, 6) is -1.61. The summed E-state index contributed by atoms with van der Waals surface area (Å²) in [7, 11) is 1.27. The number of aromatic nitrogens is 3. The fourth-order valence-electron chi connectivity index (χ4n) is 2.58. The van der Waals surface area contributed by atoms with Crippen LogP contribution in [0.3, 0.4) is 0 Å². The van der Waals surface area contributed by atoms with Gasteiger partial charge in [-0.2, -0.15) is 0 Å². The van der Waals surface area contributed by atoms with Crippen molar-refractivity contribution in [3.63, 3.8) is 0 Å². The molecule has 0 aromatic carbocycles. The predicted molar refractivity (Wildman–Crippen MR) is 101 cm³/mol. The average molecular weight is 394 g/mol. The third-order valence-electron chi connectivity index (χ3n) is 3.83. The normalized spacial score (nSPS) is 11.0. The molecule has 2 N–H and O–H groups in total. The Hall–Kier alpha value is -2.75. The van der Waals surface area contributed by atoms with Gasteiger partial charge in [-0.3, -0.25) is 18.7 Å². The van der Waals surface area contributed by atoms with Gasteiger partial charge in [0.15, 0.2) is 6.61 Å². The smallest absolute Gasteiger partial charge is 0.350 e. The molecule has 0 amide bonds. The molecule has 27 heavy (non-hydrogen) atoms. The second kappa shape index (κ2) is 7.87. The first-order chi connectivity index (χ1) is 12.5. The molecule has 2 aromatic heterocycles. The van der Waals surface area contributed by atoms with Crippen LogP contribution >= 0.6 is 11.3 Å². The van der Waals surface area contributed by atoms with Crippen LogP contribution in [0.2, 0.25) is 0 Å². The van der Waals surface area contributed by atoms with Crippen molar-refractivity contribution in [1.82, 2.24) is 14.1 Å². The number of thiazole rings is 1. The number of hydrogen-bond donors (Lipinski definition) is 1. The second-order valence-electron chi connectivity index (χ2n) is 6.56. The summed E-state index contributed by atoms with van der Waals surface area (Å²) in [5, 5.41) is 0.699. The topological polar surface area (TPSA) is 126 Å². The summed E-state index contributed by atoms with van der Waals surface area (Å²) < 4.78 is 7.03. The number of esters is 1. The number of nitrogens with zero attached hydrogens (tertiary/aromatic N) is 3. The van der Waals surface area contributed by atoms with E-state index in [2.05, 4.69) is 4.98 Å². The molecule has 0 aliphatic carbocycles. The molecule has 0 unspecified atom stereocenters. The van der Waals surface area contributed by atoms with Gasteiger partial charge < -0.3 is 10.5 Å². The standard InChI is InChI=1S/C17H22N4O5S/c1-8(2)6-21-14(18)12(15(23)20(5)17(21)25)11(22)7-26-16(24)13-9(3)19-10(4)27-13/h8H,6-7,18H2,1-5H3. The van der Waals surface area contributed by atoms with Gasteiger partial charge in [0.2, 0.25) is 5.78 Å². The van der Waals surface area contributed by atoms with E-state index in [1.54, 1.807) is 13.8 Å². The van der Waals surface area contributed by atoms with Crippen LogP contribution in [0, 0.1) is 19.8 Å². The average Bonchev–Trinajstić information content (AvgIpc) is 2.93. The van der Waals surface area contributed by atoms with Crippen molar-refractivity contribution < 1.29 is 14.3 Å². The third-order valence-corrected chi connectivity index (χ3v) is 4.89. The first-order valence-electron chi connectivity index (χ1n) is 8.28. The molecule has 9 nitrogen and oxygen atoms in total. The molecule has 0 saturated heterocycles. The lowest BCUT2D eigenvalue weighted by Gasteiger charge is -2.16. The number of hydrogen-bond acceptors (Lipinski definition) is 8. The van der Waals surface area contributed by atoms with Crippen LogP contribution in [0.1, 0.15) is 44.6 Å². The van der Waals surface area contributed by atoms with Gasteiger partial charge in [0.25, 0.3) is 5.56 Å². The van der Waals surface area contributed by atoms with Gasteiger partial charge in [-0.25, -0.2) is 14.6 Å². The highest BCUT2D eigenvalue weighted by atomic mass is 32.1. The number of nitrogens with two attached hydrogens (primary N) is 1.